The molecule has 1 aliphatic rings. The second-order valence-corrected chi connectivity index (χ2v) is 8.53. The lowest BCUT2D eigenvalue weighted by Gasteiger charge is -2.30. The Morgan fingerprint density at radius 1 is 1.06 bits per heavy atom. The molecule has 3 aromatic heterocycles. The number of methoxy groups -OCH3 is 1. The van der Waals surface area contributed by atoms with Gasteiger partial charge in [0.25, 0.3) is 0 Å². The van der Waals surface area contributed by atoms with Gasteiger partial charge in [0.15, 0.2) is 0 Å². The monoisotopic (exact) mass is 412 g/mol. The average Bonchev–Trinajstić information content (AvgIpc) is 3.18. The Labute approximate surface area is 183 Å². The zero-order valence-electron chi connectivity index (χ0n) is 18.2. The highest BCUT2D eigenvalue weighted by molar-refractivity contribution is 5.93. The summed E-state index contributed by atoms with van der Waals surface area (Å²) in [6, 6.07) is 14.5. The van der Waals surface area contributed by atoms with E-state index in [0.29, 0.717) is 5.92 Å². The summed E-state index contributed by atoms with van der Waals surface area (Å²) in [6.45, 7) is 3.39. The van der Waals surface area contributed by atoms with Crippen molar-refractivity contribution in [3.8, 4) is 28.0 Å². The summed E-state index contributed by atoms with van der Waals surface area (Å²) in [6.07, 6.45) is 10.6. The van der Waals surface area contributed by atoms with Crippen molar-refractivity contribution in [2.45, 2.75) is 19.4 Å². The minimum absolute atomic E-state index is 0.672. The first-order valence-electron chi connectivity index (χ1n) is 10.9. The molecular weight excluding hydrogens is 384 g/mol. The molecule has 0 saturated carbocycles. The summed E-state index contributed by atoms with van der Waals surface area (Å²) in [5.74, 6) is 1.53. The molecule has 5 heteroatoms. The number of hydrogen-bond acceptors (Lipinski definition) is 4. The van der Waals surface area contributed by atoms with Gasteiger partial charge in [-0.1, -0.05) is 12.1 Å². The molecule has 4 aromatic rings. The molecule has 0 amide bonds. The highest BCUT2D eigenvalue weighted by Crippen LogP contribution is 2.32. The fraction of sp³-hybridized carbons (Fsp3) is 0.308. The Morgan fingerprint density at radius 2 is 1.90 bits per heavy atom. The van der Waals surface area contributed by atoms with Crippen molar-refractivity contribution >= 4 is 11.0 Å². The number of rotatable bonds is 5. The summed E-state index contributed by atoms with van der Waals surface area (Å²) >= 11 is 0. The van der Waals surface area contributed by atoms with Gasteiger partial charge in [-0.25, -0.2) is 0 Å². The zero-order chi connectivity index (χ0) is 21.2. The van der Waals surface area contributed by atoms with Gasteiger partial charge in [-0.15, -0.1) is 0 Å². The number of hydrogen-bond donors (Lipinski definition) is 0. The van der Waals surface area contributed by atoms with Gasteiger partial charge in [0, 0.05) is 54.6 Å². The van der Waals surface area contributed by atoms with E-state index >= 15 is 0 Å². The molecule has 31 heavy (non-hydrogen) atoms. The standard InChI is InChI=1S/C26H28N4O/c1-29-12-4-5-19(16-29)17-30-18-24(26-25(30)6-3-11-28-26)22-13-21(14-27-15-22)20-7-9-23(31-2)10-8-20/h3,6-11,13-15,18-19H,4-5,12,16-17H2,1-2H3. The maximum Gasteiger partial charge on any atom is 0.118 e. The van der Waals surface area contributed by atoms with Crippen molar-refractivity contribution in [2.24, 2.45) is 5.92 Å². The molecule has 1 unspecified atom stereocenters. The van der Waals surface area contributed by atoms with Crippen LogP contribution in [0.25, 0.3) is 33.3 Å². The van der Waals surface area contributed by atoms with Crippen LogP contribution in [0.1, 0.15) is 12.8 Å². The Kier molecular flexibility index (Phi) is 5.43. The largest absolute Gasteiger partial charge is 0.497 e. The van der Waals surface area contributed by atoms with Crippen LogP contribution in [0.15, 0.2) is 67.3 Å². The van der Waals surface area contributed by atoms with Crippen LogP contribution in [-0.2, 0) is 6.54 Å². The minimum atomic E-state index is 0.672. The van der Waals surface area contributed by atoms with Gasteiger partial charge in [0.2, 0.25) is 0 Å². The number of nitrogens with zero attached hydrogens (tertiary/aromatic N) is 4. The van der Waals surface area contributed by atoms with Gasteiger partial charge in [-0.2, -0.15) is 0 Å². The van der Waals surface area contributed by atoms with Crippen LogP contribution < -0.4 is 4.74 Å². The van der Waals surface area contributed by atoms with E-state index in [1.54, 1.807) is 7.11 Å². The van der Waals surface area contributed by atoms with Gasteiger partial charge in [0.1, 0.15) is 5.75 Å². The van der Waals surface area contributed by atoms with Crippen LogP contribution in [-0.4, -0.2) is 46.7 Å². The van der Waals surface area contributed by atoms with Gasteiger partial charge in [0.05, 0.1) is 18.1 Å². The predicted molar refractivity (Wildman–Crippen MR) is 125 cm³/mol. The first-order valence-corrected chi connectivity index (χ1v) is 10.9. The van der Waals surface area contributed by atoms with Crippen molar-refractivity contribution < 1.29 is 4.74 Å². The van der Waals surface area contributed by atoms with E-state index < -0.39 is 0 Å². The molecule has 0 aliphatic carbocycles. The van der Waals surface area contributed by atoms with Crippen molar-refractivity contribution in [3.05, 3.63) is 67.3 Å². The van der Waals surface area contributed by atoms with Crippen molar-refractivity contribution in [1.82, 2.24) is 19.4 Å². The number of piperidine rings is 1. The summed E-state index contributed by atoms with van der Waals surface area (Å²) in [5.41, 5.74) is 6.68. The van der Waals surface area contributed by atoms with Crippen molar-refractivity contribution in [2.75, 3.05) is 27.2 Å². The third kappa shape index (κ3) is 4.06. The second kappa shape index (κ2) is 8.52. The van der Waals surface area contributed by atoms with Gasteiger partial charge >= 0.3 is 0 Å². The summed E-state index contributed by atoms with van der Waals surface area (Å²) < 4.78 is 7.68. The molecule has 1 aliphatic heterocycles. The summed E-state index contributed by atoms with van der Waals surface area (Å²) in [7, 11) is 3.91. The number of likely N-dealkylation sites (tertiary alicyclic amines) is 1. The van der Waals surface area contributed by atoms with E-state index in [2.05, 4.69) is 52.0 Å². The SMILES string of the molecule is COc1ccc(-c2cncc(-c3cn(CC4CCCN(C)C4)c4cccnc34)c2)cc1. The van der Waals surface area contributed by atoms with E-state index in [1.807, 2.05) is 36.8 Å². The fourth-order valence-electron chi connectivity index (χ4n) is 4.71. The number of benzene rings is 1. The van der Waals surface area contributed by atoms with Crippen molar-refractivity contribution in [3.63, 3.8) is 0 Å². The molecule has 5 rings (SSSR count). The van der Waals surface area contributed by atoms with E-state index in [1.165, 1.54) is 24.9 Å². The van der Waals surface area contributed by atoms with Gasteiger partial charge < -0.3 is 14.2 Å². The second-order valence-electron chi connectivity index (χ2n) is 8.53. The number of ether oxygens (including phenoxy) is 1. The van der Waals surface area contributed by atoms with Crippen LogP contribution in [0.3, 0.4) is 0 Å². The first-order chi connectivity index (χ1) is 15.2. The van der Waals surface area contributed by atoms with E-state index in [-0.39, 0.29) is 0 Å². The average molecular weight is 413 g/mol. The Morgan fingerprint density at radius 3 is 2.71 bits per heavy atom. The van der Waals surface area contributed by atoms with E-state index in [0.717, 1.165) is 46.6 Å². The third-order valence-electron chi connectivity index (χ3n) is 6.29. The Bertz CT molecular complexity index is 1180. The third-order valence-corrected chi connectivity index (χ3v) is 6.29. The number of aromatic nitrogens is 3. The Balaban J connectivity index is 1.51. The van der Waals surface area contributed by atoms with Crippen LogP contribution in [0.4, 0.5) is 0 Å². The topological polar surface area (TPSA) is 43.2 Å². The number of pyridine rings is 2. The lowest BCUT2D eigenvalue weighted by molar-refractivity contribution is 0.196. The smallest absolute Gasteiger partial charge is 0.118 e. The molecule has 0 radical (unpaired) electrons. The highest BCUT2D eigenvalue weighted by Gasteiger charge is 2.20. The number of fused-ring (bicyclic) bond motifs is 1. The van der Waals surface area contributed by atoms with Gasteiger partial charge in [-0.3, -0.25) is 9.97 Å². The zero-order valence-corrected chi connectivity index (χ0v) is 18.2. The fourth-order valence-corrected chi connectivity index (χ4v) is 4.71. The molecule has 0 N–H and O–H groups in total. The highest BCUT2D eigenvalue weighted by atomic mass is 16.5. The lowest BCUT2D eigenvalue weighted by Crippen LogP contribution is -2.33. The van der Waals surface area contributed by atoms with E-state index in [4.69, 9.17) is 9.72 Å². The quantitative estimate of drug-likeness (QED) is 0.457. The summed E-state index contributed by atoms with van der Waals surface area (Å²) in [4.78, 5) is 11.7. The Hall–Kier alpha value is -3.18. The maximum absolute atomic E-state index is 5.29. The molecule has 0 bridgehead atoms. The minimum Gasteiger partial charge on any atom is -0.497 e. The molecular formula is C26H28N4O. The van der Waals surface area contributed by atoms with Crippen LogP contribution in [0, 0.1) is 5.92 Å². The van der Waals surface area contributed by atoms with Crippen LogP contribution in [0.2, 0.25) is 0 Å². The lowest BCUT2D eigenvalue weighted by atomic mass is 9.98. The van der Waals surface area contributed by atoms with Crippen molar-refractivity contribution in [1.29, 1.82) is 0 Å². The molecule has 1 fully saturated rings. The molecule has 1 atom stereocenters. The molecule has 0 spiro atoms. The molecule has 4 heterocycles. The summed E-state index contributed by atoms with van der Waals surface area (Å²) in [5, 5.41) is 0. The molecule has 1 aromatic carbocycles. The molecule has 1 saturated heterocycles. The normalized spacial score (nSPS) is 17.2. The van der Waals surface area contributed by atoms with Gasteiger partial charge in [-0.05, 0) is 68.2 Å². The van der Waals surface area contributed by atoms with Crippen LogP contribution in [0.5, 0.6) is 5.75 Å². The molecule has 5 nitrogen and oxygen atoms in total. The predicted octanol–water partition coefficient (Wildman–Crippen LogP) is 5.12. The van der Waals surface area contributed by atoms with E-state index in [9.17, 15) is 0 Å². The first kappa shape index (κ1) is 19.8. The maximum atomic E-state index is 5.29. The molecule has 158 valence electrons. The van der Waals surface area contributed by atoms with Crippen LogP contribution >= 0.6 is 0 Å².